The lowest BCUT2D eigenvalue weighted by atomic mass is 10.1. The van der Waals surface area contributed by atoms with Crippen molar-refractivity contribution in [3.8, 4) is 5.69 Å². The number of benzene rings is 1. The largest absolute Gasteiger partial charge is 0.381 e. The van der Waals surface area contributed by atoms with Gasteiger partial charge in [0.05, 0.1) is 18.2 Å². The summed E-state index contributed by atoms with van der Waals surface area (Å²) in [7, 11) is 0. The summed E-state index contributed by atoms with van der Waals surface area (Å²) in [6, 6.07) is 9.49. The molecular weight excluding hydrogens is 242 g/mol. The van der Waals surface area contributed by atoms with Gasteiger partial charge in [-0.25, -0.2) is 4.68 Å². The molecule has 1 atom stereocenters. The number of hydrogen-bond acceptors (Lipinski definition) is 3. The van der Waals surface area contributed by atoms with Gasteiger partial charge in [-0.3, -0.25) is 4.79 Å². The van der Waals surface area contributed by atoms with Gasteiger partial charge in [0.1, 0.15) is 0 Å². The maximum Gasteiger partial charge on any atom is 0.229 e. The third-order valence-corrected chi connectivity index (χ3v) is 3.18. The number of carbonyl (C=O) groups is 1. The molecule has 3 rings (SSSR count). The molecule has 2 heterocycles. The van der Waals surface area contributed by atoms with Crippen LogP contribution in [0.25, 0.3) is 5.69 Å². The summed E-state index contributed by atoms with van der Waals surface area (Å²) in [4.78, 5) is 12.0. The molecule has 1 saturated heterocycles. The highest BCUT2D eigenvalue weighted by Gasteiger charge is 2.23. The van der Waals surface area contributed by atoms with E-state index in [0.717, 1.165) is 17.8 Å². The molecule has 0 aliphatic carbocycles. The Labute approximate surface area is 111 Å². The number of hydrogen-bond donors (Lipinski definition) is 1. The standard InChI is InChI=1S/C14H15N3O2/c18-14(11-5-8-19-10-11)16-12-3-1-4-13(9-12)17-7-2-6-15-17/h1-4,6-7,9,11H,5,8,10H2,(H,16,18). The average Bonchev–Trinajstić information content (AvgIpc) is 3.13. The number of rotatable bonds is 3. The topological polar surface area (TPSA) is 56.2 Å². The number of ether oxygens (including phenoxy) is 1. The molecule has 0 saturated carbocycles. The molecule has 0 bridgehead atoms. The summed E-state index contributed by atoms with van der Waals surface area (Å²) in [5, 5.41) is 7.09. The first-order valence-corrected chi connectivity index (χ1v) is 6.31. The van der Waals surface area contributed by atoms with Gasteiger partial charge in [0, 0.05) is 24.7 Å². The van der Waals surface area contributed by atoms with Gasteiger partial charge in [-0.2, -0.15) is 5.10 Å². The Morgan fingerprint density at radius 3 is 3.11 bits per heavy atom. The monoisotopic (exact) mass is 257 g/mol. The van der Waals surface area contributed by atoms with Crippen LogP contribution in [0.15, 0.2) is 42.7 Å². The lowest BCUT2D eigenvalue weighted by Gasteiger charge is -2.10. The minimum absolute atomic E-state index is 0.0233. The van der Waals surface area contributed by atoms with E-state index in [0.29, 0.717) is 13.2 Å². The molecule has 98 valence electrons. The van der Waals surface area contributed by atoms with Crippen LogP contribution in [0.1, 0.15) is 6.42 Å². The van der Waals surface area contributed by atoms with Crippen LogP contribution in [0, 0.1) is 5.92 Å². The van der Waals surface area contributed by atoms with Crippen LogP contribution < -0.4 is 5.32 Å². The molecule has 1 fully saturated rings. The van der Waals surface area contributed by atoms with E-state index in [1.807, 2.05) is 36.5 Å². The predicted octanol–water partition coefficient (Wildman–Crippen LogP) is 1.85. The molecule has 1 aromatic heterocycles. The number of nitrogens with one attached hydrogen (secondary N) is 1. The molecule has 1 unspecified atom stereocenters. The van der Waals surface area contributed by atoms with Crippen molar-refractivity contribution in [1.82, 2.24) is 9.78 Å². The Balaban J connectivity index is 1.74. The number of carbonyl (C=O) groups excluding carboxylic acids is 1. The van der Waals surface area contributed by atoms with E-state index in [1.54, 1.807) is 10.9 Å². The van der Waals surface area contributed by atoms with Crippen molar-refractivity contribution in [1.29, 1.82) is 0 Å². The lowest BCUT2D eigenvalue weighted by molar-refractivity contribution is -0.119. The van der Waals surface area contributed by atoms with Gasteiger partial charge in [0.2, 0.25) is 5.91 Å². The number of nitrogens with zero attached hydrogens (tertiary/aromatic N) is 2. The first kappa shape index (κ1) is 11.9. The second kappa shape index (κ2) is 5.24. The minimum Gasteiger partial charge on any atom is -0.381 e. The molecule has 1 aromatic carbocycles. The van der Waals surface area contributed by atoms with Crippen molar-refractivity contribution in [2.24, 2.45) is 5.92 Å². The highest BCUT2D eigenvalue weighted by molar-refractivity contribution is 5.93. The Bertz CT molecular complexity index is 560. The van der Waals surface area contributed by atoms with E-state index >= 15 is 0 Å². The lowest BCUT2D eigenvalue weighted by Crippen LogP contribution is -2.22. The van der Waals surface area contributed by atoms with E-state index in [9.17, 15) is 4.79 Å². The van der Waals surface area contributed by atoms with E-state index in [-0.39, 0.29) is 11.8 Å². The molecule has 1 aliphatic heterocycles. The average molecular weight is 257 g/mol. The van der Waals surface area contributed by atoms with Gasteiger partial charge in [0.25, 0.3) is 0 Å². The summed E-state index contributed by atoms with van der Waals surface area (Å²) in [6.07, 6.45) is 4.39. The summed E-state index contributed by atoms with van der Waals surface area (Å²) in [5.74, 6) is -0.0107. The Morgan fingerprint density at radius 1 is 1.42 bits per heavy atom. The van der Waals surface area contributed by atoms with Crippen LogP contribution >= 0.6 is 0 Å². The highest BCUT2D eigenvalue weighted by Crippen LogP contribution is 2.18. The van der Waals surface area contributed by atoms with E-state index < -0.39 is 0 Å². The van der Waals surface area contributed by atoms with Crippen molar-refractivity contribution in [3.05, 3.63) is 42.7 Å². The summed E-state index contributed by atoms with van der Waals surface area (Å²) >= 11 is 0. The van der Waals surface area contributed by atoms with Crippen LogP contribution in [-0.4, -0.2) is 28.9 Å². The second-order valence-electron chi connectivity index (χ2n) is 4.55. The molecule has 1 aliphatic rings. The predicted molar refractivity (Wildman–Crippen MR) is 71.1 cm³/mol. The minimum atomic E-state index is -0.0339. The Kier molecular flexibility index (Phi) is 3.29. The molecule has 0 spiro atoms. The van der Waals surface area contributed by atoms with Crippen LogP contribution in [-0.2, 0) is 9.53 Å². The third-order valence-electron chi connectivity index (χ3n) is 3.18. The number of anilines is 1. The van der Waals surface area contributed by atoms with Crippen molar-refractivity contribution in [2.75, 3.05) is 18.5 Å². The van der Waals surface area contributed by atoms with Crippen molar-refractivity contribution >= 4 is 11.6 Å². The quantitative estimate of drug-likeness (QED) is 0.913. The zero-order chi connectivity index (χ0) is 13.1. The van der Waals surface area contributed by atoms with E-state index in [4.69, 9.17) is 4.74 Å². The molecule has 1 N–H and O–H groups in total. The van der Waals surface area contributed by atoms with Gasteiger partial charge in [0.15, 0.2) is 0 Å². The third kappa shape index (κ3) is 2.66. The molecule has 0 radical (unpaired) electrons. The van der Waals surface area contributed by atoms with Gasteiger partial charge >= 0.3 is 0 Å². The SMILES string of the molecule is O=C(Nc1cccc(-n2cccn2)c1)C1CCOC1. The second-order valence-corrected chi connectivity index (χ2v) is 4.55. The number of aromatic nitrogens is 2. The molecule has 1 amide bonds. The van der Waals surface area contributed by atoms with E-state index in [1.165, 1.54) is 0 Å². The number of amides is 1. The summed E-state index contributed by atoms with van der Waals surface area (Å²) < 4.78 is 6.98. The van der Waals surface area contributed by atoms with Gasteiger partial charge in [-0.05, 0) is 30.7 Å². The summed E-state index contributed by atoms with van der Waals surface area (Å²) in [6.45, 7) is 1.19. The maximum atomic E-state index is 12.0. The van der Waals surface area contributed by atoms with Crippen LogP contribution in [0.4, 0.5) is 5.69 Å². The Hall–Kier alpha value is -2.14. The van der Waals surface area contributed by atoms with Crippen molar-refractivity contribution in [3.63, 3.8) is 0 Å². The first-order valence-electron chi connectivity index (χ1n) is 6.31. The van der Waals surface area contributed by atoms with Crippen LogP contribution in [0.5, 0.6) is 0 Å². The maximum absolute atomic E-state index is 12.0. The molecule has 5 nitrogen and oxygen atoms in total. The van der Waals surface area contributed by atoms with Crippen LogP contribution in [0.2, 0.25) is 0 Å². The van der Waals surface area contributed by atoms with Crippen LogP contribution in [0.3, 0.4) is 0 Å². The van der Waals surface area contributed by atoms with Crippen molar-refractivity contribution < 1.29 is 9.53 Å². The molecule has 5 heteroatoms. The van der Waals surface area contributed by atoms with Gasteiger partial charge in [-0.15, -0.1) is 0 Å². The van der Waals surface area contributed by atoms with Crippen molar-refractivity contribution in [2.45, 2.75) is 6.42 Å². The fourth-order valence-electron chi connectivity index (χ4n) is 2.13. The zero-order valence-electron chi connectivity index (χ0n) is 10.5. The zero-order valence-corrected chi connectivity index (χ0v) is 10.5. The fraction of sp³-hybridized carbons (Fsp3) is 0.286. The molecule has 19 heavy (non-hydrogen) atoms. The highest BCUT2D eigenvalue weighted by atomic mass is 16.5. The fourth-order valence-corrected chi connectivity index (χ4v) is 2.13. The van der Waals surface area contributed by atoms with Gasteiger partial charge < -0.3 is 10.1 Å². The summed E-state index contributed by atoms with van der Waals surface area (Å²) in [5.41, 5.74) is 1.70. The smallest absolute Gasteiger partial charge is 0.229 e. The first-order chi connectivity index (χ1) is 9.33. The Morgan fingerprint density at radius 2 is 2.37 bits per heavy atom. The normalized spacial score (nSPS) is 18.4. The van der Waals surface area contributed by atoms with E-state index in [2.05, 4.69) is 10.4 Å². The van der Waals surface area contributed by atoms with Gasteiger partial charge in [-0.1, -0.05) is 6.07 Å². The molecule has 2 aromatic rings. The molecular formula is C14H15N3O2.